The standard InChI is InChI=1S/C9H7FN2O/c1-4-5-2-3-6(10)8(11)7(5)9(13)12-4/h2-3H,11H2,1H3. The van der Waals surface area contributed by atoms with E-state index in [2.05, 4.69) is 4.99 Å². The molecule has 0 fully saturated rings. The summed E-state index contributed by atoms with van der Waals surface area (Å²) >= 11 is 0. The second kappa shape index (κ2) is 2.39. The van der Waals surface area contributed by atoms with Gasteiger partial charge in [-0.3, -0.25) is 4.79 Å². The number of hydrogen-bond donors (Lipinski definition) is 1. The van der Waals surface area contributed by atoms with E-state index in [1.54, 1.807) is 6.92 Å². The summed E-state index contributed by atoms with van der Waals surface area (Å²) in [5.74, 6) is -1.03. The van der Waals surface area contributed by atoms with Crippen molar-refractivity contribution in [2.45, 2.75) is 6.92 Å². The van der Waals surface area contributed by atoms with Gasteiger partial charge >= 0.3 is 0 Å². The van der Waals surface area contributed by atoms with Crippen LogP contribution in [-0.2, 0) is 0 Å². The number of hydrogen-bond acceptors (Lipinski definition) is 2. The van der Waals surface area contributed by atoms with Crippen LogP contribution in [0.25, 0.3) is 0 Å². The molecule has 0 spiro atoms. The quantitative estimate of drug-likeness (QED) is 0.610. The van der Waals surface area contributed by atoms with Crippen LogP contribution in [0.2, 0.25) is 0 Å². The molecule has 1 aromatic carbocycles. The molecule has 1 aliphatic rings. The lowest BCUT2D eigenvalue weighted by Gasteiger charge is -2.02. The second-order valence-corrected chi connectivity index (χ2v) is 2.89. The highest BCUT2D eigenvalue weighted by atomic mass is 19.1. The average Bonchev–Trinajstić information content (AvgIpc) is 2.35. The third-order valence-corrected chi connectivity index (χ3v) is 2.07. The summed E-state index contributed by atoms with van der Waals surface area (Å²) in [7, 11) is 0. The molecule has 13 heavy (non-hydrogen) atoms. The SMILES string of the molecule is CC1=NC(=O)c2c1ccc(F)c2N. The van der Waals surface area contributed by atoms with Crippen LogP contribution >= 0.6 is 0 Å². The summed E-state index contributed by atoms with van der Waals surface area (Å²) in [6.45, 7) is 1.70. The Labute approximate surface area is 74.1 Å². The Bertz CT molecular complexity index is 437. The summed E-state index contributed by atoms with van der Waals surface area (Å²) in [6, 6.07) is 2.76. The van der Waals surface area contributed by atoms with Crippen molar-refractivity contribution in [3.8, 4) is 0 Å². The number of amides is 1. The maximum Gasteiger partial charge on any atom is 0.280 e. The fourth-order valence-electron chi connectivity index (χ4n) is 1.39. The lowest BCUT2D eigenvalue weighted by Crippen LogP contribution is -2.03. The number of fused-ring (bicyclic) bond motifs is 1. The van der Waals surface area contributed by atoms with Gasteiger partial charge in [0.25, 0.3) is 5.91 Å². The van der Waals surface area contributed by atoms with Gasteiger partial charge in [-0.1, -0.05) is 0 Å². The molecule has 1 heterocycles. The Morgan fingerprint density at radius 3 is 2.85 bits per heavy atom. The Morgan fingerprint density at radius 2 is 2.15 bits per heavy atom. The second-order valence-electron chi connectivity index (χ2n) is 2.89. The van der Waals surface area contributed by atoms with Crippen molar-refractivity contribution in [2.75, 3.05) is 5.73 Å². The maximum absolute atomic E-state index is 12.9. The third-order valence-electron chi connectivity index (χ3n) is 2.07. The minimum Gasteiger partial charge on any atom is -0.396 e. The molecular formula is C9H7FN2O. The minimum absolute atomic E-state index is 0.108. The number of carbonyl (C=O) groups excluding carboxylic acids is 1. The summed E-state index contributed by atoms with van der Waals surface area (Å²) in [6.07, 6.45) is 0. The van der Waals surface area contributed by atoms with Gasteiger partial charge in [0.15, 0.2) is 0 Å². The molecule has 0 unspecified atom stereocenters. The zero-order chi connectivity index (χ0) is 9.59. The molecule has 2 rings (SSSR count). The smallest absolute Gasteiger partial charge is 0.280 e. The van der Waals surface area contributed by atoms with Gasteiger partial charge < -0.3 is 5.73 Å². The van der Waals surface area contributed by atoms with Crippen molar-refractivity contribution in [1.29, 1.82) is 0 Å². The zero-order valence-corrected chi connectivity index (χ0v) is 6.97. The monoisotopic (exact) mass is 178 g/mol. The largest absolute Gasteiger partial charge is 0.396 e. The first-order valence-corrected chi connectivity index (χ1v) is 3.79. The molecular weight excluding hydrogens is 171 g/mol. The van der Waals surface area contributed by atoms with Crippen LogP contribution in [0.3, 0.4) is 0 Å². The predicted molar refractivity (Wildman–Crippen MR) is 47.4 cm³/mol. The number of benzene rings is 1. The zero-order valence-electron chi connectivity index (χ0n) is 6.97. The number of anilines is 1. The third kappa shape index (κ3) is 0.950. The van der Waals surface area contributed by atoms with Gasteiger partial charge in [-0.05, 0) is 19.1 Å². The lowest BCUT2D eigenvalue weighted by molar-refractivity contribution is 0.101. The molecule has 1 amide bonds. The van der Waals surface area contributed by atoms with Gasteiger partial charge in [0.1, 0.15) is 5.82 Å². The number of carbonyl (C=O) groups is 1. The molecule has 0 atom stereocenters. The van der Waals surface area contributed by atoms with Gasteiger partial charge in [-0.15, -0.1) is 0 Å². The van der Waals surface area contributed by atoms with Gasteiger partial charge in [0.2, 0.25) is 0 Å². The van der Waals surface area contributed by atoms with Crippen LogP contribution in [0, 0.1) is 5.82 Å². The molecule has 0 saturated carbocycles. The number of nitrogens with zero attached hydrogens (tertiary/aromatic N) is 1. The van der Waals surface area contributed by atoms with Crippen LogP contribution in [0.5, 0.6) is 0 Å². The van der Waals surface area contributed by atoms with Gasteiger partial charge in [-0.2, -0.15) is 0 Å². The highest BCUT2D eigenvalue weighted by Gasteiger charge is 2.24. The van der Waals surface area contributed by atoms with E-state index in [1.165, 1.54) is 12.1 Å². The Kier molecular flexibility index (Phi) is 1.45. The molecule has 1 aromatic rings. The number of halogens is 1. The number of aliphatic imine (C=N–C) groups is 1. The first kappa shape index (κ1) is 7.91. The van der Waals surface area contributed by atoms with E-state index >= 15 is 0 Å². The Morgan fingerprint density at radius 1 is 1.46 bits per heavy atom. The first-order valence-electron chi connectivity index (χ1n) is 3.79. The van der Waals surface area contributed by atoms with Crippen LogP contribution < -0.4 is 5.73 Å². The average molecular weight is 178 g/mol. The number of nitrogen functional groups attached to an aromatic ring is 1. The van der Waals surface area contributed by atoms with E-state index < -0.39 is 11.7 Å². The molecule has 0 aliphatic carbocycles. The topological polar surface area (TPSA) is 55.5 Å². The van der Waals surface area contributed by atoms with Crippen LogP contribution in [0.4, 0.5) is 10.1 Å². The van der Waals surface area contributed by atoms with Crippen molar-refractivity contribution in [3.05, 3.63) is 29.1 Å². The van der Waals surface area contributed by atoms with Crippen LogP contribution in [0.15, 0.2) is 17.1 Å². The highest BCUT2D eigenvalue weighted by Crippen LogP contribution is 2.26. The molecule has 0 radical (unpaired) electrons. The summed E-state index contributed by atoms with van der Waals surface area (Å²) in [5, 5.41) is 0. The number of nitrogens with two attached hydrogens (primary N) is 1. The summed E-state index contributed by atoms with van der Waals surface area (Å²) < 4.78 is 12.9. The van der Waals surface area contributed by atoms with Crippen LogP contribution in [0.1, 0.15) is 22.8 Å². The molecule has 3 nitrogen and oxygen atoms in total. The predicted octanol–water partition coefficient (Wildman–Crippen LogP) is 1.37. The molecule has 0 bridgehead atoms. The minimum atomic E-state index is -0.572. The molecule has 1 aliphatic heterocycles. The Balaban J connectivity index is 2.77. The maximum atomic E-state index is 12.9. The van der Waals surface area contributed by atoms with Crippen LogP contribution in [-0.4, -0.2) is 11.6 Å². The molecule has 0 saturated heterocycles. The fraction of sp³-hybridized carbons (Fsp3) is 0.111. The van der Waals surface area contributed by atoms with Crippen molar-refractivity contribution in [3.63, 3.8) is 0 Å². The van der Waals surface area contributed by atoms with E-state index in [-0.39, 0.29) is 11.3 Å². The van der Waals surface area contributed by atoms with E-state index in [9.17, 15) is 9.18 Å². The molecule has 66 valence electrons. The highest BCUT2D eigenvalue weighted by molar-refractivity contribution is 6.22. The molecule has 2 N–H and O–H groups in total. The number of rotatable bonds is 0. The first-order chi connectivity index (χ1) is 6.11. The van der Waals surface area contributed by atoms with Crippen molar-refractivity contribution in [2.24, 2.45) is 4.99 Å². The van der Waals surface area contributed by atoms with Gasteiger partial charge in [-0.25, -0.2) is 9.38 Å². The molecule has 4 heteroatoms. The summed E-state index contributed by atoms with van der Waals surface area (Å²) in [5.41, 5.74) is 6.72. The lowest BCUT2D eigenvalue weighted by atomic mass is 10.0. The van der Waals surface area contributed by atoms with E-state index in [4.69, 9.17) is 5.73 Å². The van der Waals surface area contributed by atoms with Gasteiger partial charge in [0.05, 0.1) is 11.3 Å². The Hall–Kier alpha value is -1.71. The normalized spacial score (nSPS) is 14.3. The van der Waals surface area contributed by atoms with Gasteiger partial charge in [0, 0.05) is 11.3 Å². The molecule has 0 aromatic heterocycles. The van der Waals surface area contributed by atoms with E-state index in [0.717, 1.165) is 0 Å². The van der Waals surface area contributed by atoms with E-state index in [0.29, 0.717) is 11.3 Å². The van der Waals surface area contributed by atoms with Crippen molar-refractivity contribution in [1.82, 2.24) is 0 Å². The fourth-order valence-corrected chi connectivity index (χ4v) is 1.39. The van der Waals surface area contributed by atoms with E-state index in [1.807, 2.05) is 0 Å². The van der Waals surface area contributed by atoms with Crippen molar-refractivity contribution < 1.29 is 9.18 Å². The van der Waals surface area contributed by atoms with Crippen molar-refractivity contribution >= 4 is 17.3 Å². The summed E-state index contributed by atoms with van der Waals surface area (Å²) in [4.78, 5) is 14.9.